The van der Waals surface area contributed by atoms with Gasteiger partial charge < -0.3 is 15.0 Å². The number of anilines is 1. The van der Waals surface area contributed by atoms with Gasteiger partial charge in [0, 0.05) is 17.3 Å². The van der Waals surface area contributed by atoms with Crippen LogP contribution in [0.2, 0.25) is 5.02 Å². The summed E-state index contributed by atoms with van der Waals surface area (Å²) >= 11 is 7.29. The molecule has 0 bridgehead atoms. The first kappa shape index (κ1) is 20.5. The van der Waals surface area contributed by atoms with Crippen molar-refractivity contribution in [2.75, 3.05) is 11.1 Å². The van der Waals surface area contributed by atoms with Gasteiger partial charge in [0.25, 0.3) is 0 Å². The lowest BCUT2D eigenvalue weighted by molar-refractivity contribution is -0.113. The maximum absolute atomic E-state index is 12.4. The molecule has 2 N–H and O–H groups in total. The van der Waals surface area contributed by atoms with Crippen LogP contribution < -0.4 is 5.32 Å². The number of aliphatic hydroxyl groups excluding tert-OH is 1. The summed E-state index contributed by atoms with van der Waals surface area (Å²) in [6.07, 6.45) is 1.64. The van der Waals surface area contributed by atoms with Gasteiger partial charge in [-0.25, -0.2) is 4.98 Å². The number of nitrogens with one attached hydrogen (secondary N) is 1. The van der Waals surface area contributed by atoms with Gasteiger partial charge in [-0.3, -0.25) is 4.79 Å². The molecule has 1 heterocycles. The number of rotatable bonds is 7. The number of amides is 1. The van der Waals surface area contributed by atoms with Crippen LogP contribution in [-0.4, -0.2) is 26.3 Å². The molecule has 3 aromatic rings. The zero-order valence-corrected chi connectivity index (χ0v) is 17.3. The zero-order chi connectivity index (χ0) is 20.1. The Morgan fingerprint density at radius 3 is 2.50 bits per heavy atom. The summed E-state index contributed by atoms with van der Waals surface area (Å²) in [4.78, 5) is 16.7. The molecule has 0 radical (unpaired) electrons. The molecule has 3 rings (SSSR count). The third kappa shape index (κ3) is 5.38. The molecular formula is C21H22ClN3O2S. The minimum Gasteiger partial charge on any atom is -0.390 e. The van der Waals surface area contributed by atoms with Gasteiger partial charge in [0.2, 0.25) is 5.91 Å². The molecule has 0 aliphatic heterocycles. The van der Waals surface area contributed by atoms with Crippen LogP contribution in [0.15, 0.2) is 53.8 Å². The molecule has 0 spiro atoms. The van der Waals surface area contributed by atoms with E-state index in [0.29, 0.717) is 22.4 Å². The Morgan fingerprint density at radius 1 is 1.18 bits per heavy atom. The van der Waals surface area contributed by atoms with E-state index in [9.17, 15) is 9.90 Å². The van der Waals surface area contributed by atoms with E-state index >= 15 is 0 Å². The molecule has 7 heteroatoms. The minimum absolute atomic E-state index is 0.0957. The van der Waals surface area contributed by atoms with Crippen molar-refractivity contribution in [1.82, 2.24) is 9.55 Å². The Morgan fingerprint density at radius 2 is 1.86 bits per heavy atom. The highest BCUT2D eigenvalue weighted by Gasteiger charge is 2.13. The number of carbonyl (C=O) groups is 1. The Kier molecular flexibility index (Phi) is 6.78. The Bertz CT molecular complexity index is 950. The molecule has 1 aromatic heterocycles. The van der Waals surface area contributed by atoms with Crippen molar-refractivity contribution in [3.63, 3.8) is 0 Å². The summed E-state index contributed by atoms with van der Waals surface area (Å²) in [7, 11) is 0. The lowest BCUT2D eigenvalue weighted by Gasteiger charge is -2.11. The second-order valence-corrected chi connectivity index (χ2v) is 8.00. The van der Waals surface area contributed by atoms with Gasteiger partial charge in [0.15, 0.2) is 5.16 Å². The van der Waals surface area contributed by atoms with E-state index < -0.39 is 0 Å². The van der Waals surface area contributed by atoms with Crippen LogP contribution in [0.4, 0.5) is 5.69 Å². The molecule has 1 amide bonds. The van der Waals surface area contributed by atoms with Gasteiger partial charge in [0.05, 0.1) is 24.3 Å². The lowest BCUT2D eigenvalue weighted by atomic mass is 10.1. The predicted molar refractivity (Wildman–Crippen MR) is 114 cm³/mol. The number of aromatic nitrogens is 2. The molecule has 0 saturated carbocycles. The number of nitrogens with zero attached hydrogens (tertiary/aromatic N) is 2. The van der Waals surface area contributed by atoms with Crippen LogP contribution in [0.3, 0.4) is 0 Å². The molecule has 2 aromatic carbocycles. The van der Waals surface area contributed by atoms with E-state index in [1.54, 1.807) is 6.20 Å². The summed E-state index contributed by atoms with van der Waals surface area (Å²) in [6, 6.07) is 13.5. The van der Waals surface area contributed by atoms with E-state index in [-0.39, 0.29) is 18.3 Å². The molecular weight excluding hydrogens is 394 g/mol. The largest absolute Gasteiger partial charge is 0.390 e. The van der Waals surface area contributed by atoms with Crippen molar-refractivity contribution in [3.8, 4) is 0 Å². The third-order valence-electron chi connectivity index (χ3n) is 4.16. The van der Waals surface area contributed by atoms with E-state index in [1.165, 1.54) is 11.8 Å². The van der Waals surface area contributed by atoms with Crippen LogP contribution in [0.5, 0.6) is 0 Å². The summed E-state index contributed by atoms with van der Waals surface area (Å²) in [5, 5.41) is 13.9. The van der Waals surface area contributed by atoms with Crippen LogP contribution in [0.25, 0.3) is 0 Å². The first-order valence-corrected chi connectivity index (χ1v) is 10.2. The summed E-state index contributed by atoms with van der Waals surface area (Å²) in [5.41, 5.74) is 4.75. The number of benzene rings is 2. The third-order valence-corrected chi connectivity index (χ3v) is 5.40. The second-order valence-electron chi connectivity index (χ2n) is 6.62. The molecule has 0 saturated heterocycles. The SMILES string of the molecule is Cc1cc(C)cc(NC(=O)CSc2ncc(CO)n2Cc2ccc(Cl)cc2)c1. The fourth-order valence-corrected chi connectivity index (χ4v) is 3.87. The highest BCUT2D eigenvalue weighted by atomic mass is 35.5. The molecule has 5 nitrogen and oxygen atoms in total. The van der Waals surface area contributed by atoms with Crippen molar-refractivity contribution in [2.24, 2.45) is 0 Å². The molecule has 0 atom stereocenters. The maximum Gasteiger partial charge on any atom is 0.234 e. The topological polar surface area (TPSA) is 67.2 Å². The molecule has 28 heavy (non-hydrogen) atoms. The van der Waals surface area contributed by atoms with Gasteiger partial charge in [-0.15, -0.1) is 0 Å². The molecule has 146 valence electrons. The monoisotopic (exact) mass is 415 g/mol. The average Bonchev–Trinajstić information content (AvgIpc) is 3.02. The highest BCUT2D eigenvalue weighted by molar-refractivity contribution is 7.99. The standard InChI is InChI=1S/C21H22ClN3O2S/c1-14-7-15(2)9-18(8-14)24-20(27)13-28-21-23-10-19(12-26)25(21)11-16-3-5-17(22)6-4-16/h3-10,26H,11-13H2,1-2H3,(H,24,27). The predicted octanol–water partition coefficient (Wildman–Crippen LogP) is 4.42. The number of halogens is 1. The van der Waals surface area contributed by atoms with E-state index in [4.69, 9.17) is 11.6 Å². The summed E-state index contributed by atoms with van der Waals surface area (Å²) < 4.78 is 1.91. The molecule has 0 aliphatic carbocycles. The van der Waals surface area contributed by atoms with E-state index in [0.717, 1.165) is 22.4 Å². The average molecular weight is 416 g/mol. The maximum atomic E-state index is 12.4. The summed E-state index contributed by atoms with van der Waals surface area (Å²) in [5.74, 6) is 0.136. The number of carbonyl (C=O) groups excluding carboxylic acids is 1. The van der Waals surface area contributed by atoms with Crippen LogP contribution in [0.1, 0.15) is 22.4 Å². The first-order valence-electron chi connectivity index (χ1n) is 8.85. The van der Waals surface area contributed by atoms with Crippen molar-refractivity contribution in [1.29, 1.82) is 0 Å². The molecule has 0 unspecified atom stereocenters. The number of hydrogen-bond donors (Lipinski definition) is 2. The Hall–Kier alpha value is -2.28. The van der Waals surface area contributed by atoms with Crippen LogP contribution in [0, 0.1) is 13.8 Å². The van der Waals surface area contributed by atoms with Gasteiger partial charge >= 0.3 is 0 Å². The molecule has 0 fully saturated rings. The number of aliphatic hydroxyl groups is 1. The highest BCUT2D eigenvalue weighted by Crippen LogP contribution is 2.22. The quantitative estimate of drug-likeness (QED) is 0.560. The fourth-order valence-electron chi connectivity index (χ4n) is 2.95. The van der Waals surface area contributed by atoms with Gasteiger partial charge in [-0.1, -0.05) is 41.6 Å². The minimum atomic E-state index is -0.115. The number of imidazole rings is 1. The van der Waals surface area contributed by atoms with E-state index in [2.05, 4.69) is 16.4 Å². The summed E-state index contributed by atoms with van der Waals surface area (Å²) in [6.45, 7) is 4.44. The lowest BCUT2D eigenvalue weighted by Crippen LogP contribution is -2.15. The fraction of sp³-hybridized carbons (Fsp3) is 0.238. The van der Waals surface area contributed by atoms with Gasteiger partial charge in [-0.05, 0) is 54.8 Å². The zero-order valence-electron chi connectivity index (χ0n) is 15.8. The van der Waals surface area contributed by atoms with Crippen molar-refractivity contribution in [3.05, 3.63) is 76.1 Å². The number of thioether (sulfide) groups is 1. The van der Waals surface area contributed by atoms with Crippen LogP contribution >= 0.6 is 23.4 Å². The second kappa shape index (κ2) is 9.28. The van der Waals surface area contributed by atoms with E-state index in [1.807, 2.05) is 54.8 Å². The van der Waals surface area contributed by atoms with Crippen molar-refractivity contribution < 1.29 is 9.90 Å². The number of hydrogen-bond acceptors (Lipinski definition) is 4. The van der Waals surface area contributed by atoms with Crippen LogP contribution in [-0.2, 0) is 17.9 Å². The smallest absolute Gasteiger partial charge is 0.234 e. The van der Waals surface area contributed by atoms with Crippen molar-refractivity contribution >= 4 is 35.0 Å². The van der Waals surface area contributed by atoms with Crippen molar-refractivity contribution in [2.45, 2.75) is 32.2 Å². The van der Waals surface area contributed by atoms with Gasteiger partial charge in [0.1, 0.15) is 0 Å². The Labute approximate surface area is 173 Å². The van der Waals surface area contributed by atoms with Gasteiger partial charge in [-0.2, -0.15) is 0 Å². The first-order chi connectivity index (χ1) is 13.4. The Balaban J connectivity index is 1.67. The molecule has 0 aliphatic rings. The normalized spacial score (nSPS) is 10.9. The number of aryl methyl sites for hydroxylation is 2.